The fourth-order valence-corrected chi connectivity index (χ4v) is 2.92. The zero-order valence-electron chi connectivity index (χ0n) is 14.0. The lowest BCUT2D eigenvalue weighted by Crippen LogP contribution is -2.22. The first-order valence-electron chi connectivity index (χ1n) is 8.35. The lowest BCUT2D eigenvalue weighted by atomic mass is 9.87. The number of carbonyl (C=O) groups excluding carboxylic acids is 1. The molecule has 0 bridgehead atoms. The third-order valence-electron chi connectivity index (χ3n) is 4.09. The monoisotopic (exact) mass is 318 g/mol. The minimum Gasteiger partial charge on any atom is -0.493 e. The lowest BCUT2D eigenvalue weighted by Gasteiger charge is -2.20. The van der Waals surface area contributed by atoms with E-state index in [4.69, 9.17) is 9.47 Å². The summed E-state index contributed by atoms with van der Waals surface area (Å²) in [6, 6.07) is 5.56. The Balaban J connectivity index is 1.85. The van der Waals surface area contributed by atoms with Crippen LogP contribution in [0.15, 0.2) is 23.3 Å². The molecule has 0 heterocycles. The molecule has 0 aromatic heterocycles. The number of hydrogen-bond donors (Lipinski definition) is 1. The largest absolute Gasteiger partial charge is 0.493 e. The number of methoxy groups -OCH3 is 1. The normalized spacial score (nSPS) is 15.6. The van der Waals surface area contributed by atoms with Crippen molar-refractivity contribution >= 4 is 12.1 Å². The van der Waals surface area contributed by atoms with Crippen LogP contribution >= 0.6 is 0 Å². The average molecular weight is 318 g/mol. The predicted octanol–water partition coefficient (Wildman–Crippen LogP) is 3.51. The highest BCUT2D eigenvalue weighted by atomic mass is 16.5. The molecule has 5 heteroatoms. The SMILES string of the molecule is CCOc1ccc(/C=N\NC(=O)CC2CCCCC2)cc1OC. The van der Waals surface area contributed by atoms with Crippen LogP contribution in [0.2, 0.25) is 0 Å². The van der Waals surface area contributed by atoms with Crippen LogP contribution < -0.4 is 14.9 Å². The highest BCUT2D eigenvalue weighted by molar-refractivity contribution is 5.83. The minimum atomic E-state index is -0.00829. The molecule has 1 saturated carbocycles. The summed E-state index contributed by atoms with van der Waals surface area (Å²) in [6.45, 7) is 2.51. The minimum absolute atomic E-state index is 0.00829. The van der Waals surface area contributed by atoms with Gasteiger partial charge in [0, 0.05) is 6.42 Å². The molecule has 0 saturated heterocycles. The van der Waals surface area contributed by atoms with Crippen molar-refractivity contribution in [2.24, 2.45) is 11.0 Å². The van der Waals surface area contributed by atoms with E-state index >= 15 is 0 Å². The summed E-state index contributed by atoms with van der Waals surface area (Å²) in [5.74, 6) is 1.87. The Kier molecular flexibility index (Phi) is 6.91. The summed E-state index contributed by atoms with van der Waals surface area (Å²) >= 11 is 0. The van der Waals surface area contributed by atoms with Crippen molar-refractivity contribution in [2.75, 3.05) is 13.7 Å². The van der Waals surface area contributed by atoms with Gasteiger partial charge in [0.2, 0.25) is 5.91 Å². The third kappa shape index (κ3) is 5.58. The molecular weight excluding hydrogens is 292 g/mol. The second-order valence-electron chi connectivity index (χ2n) is 5.84. The molecule has 1 aliphatic rings. The Morgan fingerprint density at radius 3 is 2.78 bits per heavy atom. The summed E-state index contributed by atoms with van der Waals surface area (Å²) in [5.41, 5.74) is 3.46. The third-order valence-corrected chi connectivity index (χ3v) is 4.09. The highest BCUT2D eigenvalue weighted by Crippen LogP contribution is 2.27. The maximum absolute atomic E-state index is 11.9. The van der Waals surface area contributed by atoms with Crippen molar-refractivity contribution in [1.29, 1.82) is 0 Å². The van der Waals surface area contributed by atoms with Crippen LogP contribution in [0, 0.1) is 5.92 Å². The first kappa shape index (κ1) is 17.3. The number of hydrazone groups is 1. The van der Waals surface area contributed by atoms with Gasteiger partial charge in [-0.1, -0.05) is 19.3 Å². The lowest BCUT2D eigenvalue weighted by molar-refractivity contribution is -0.122. The molecule has 1 aromatic rings. The van der Waals surface area contributed by atoms with Crippen LogP contribution in [0.1, 0.15) is 51.0 Å². The molecule has 23 heavy (non-hydrogen) atoms. The molecule has 2 rings (SSSR count). The molecule has 0 atom stereocenters. The predicted molar refractivity (Wildman–Crippen MR) is 91.1 cm³/mol. The smallest absolute Gasteiger partial charge is 0.240 e. The van der Waals surface area contributed by atoms with E-state index in [2.05, 4.69) is 10.5 Å². The first-order chi connectivity index (χ1) is 11.2. The summed E-state index contributed by atoms with van der Waals surface area (Å²) in [4.78, 5) is 11.9. The van der Waals surface area contributed by atoms with Gasteiger partial charge in [0.25, 0.3) is 0 Å². The van der Waals surface area contributed by atoms with E-state index in [1.807, 2.05) is 25.1 Å². The highest BCUT2D eigenvalue weighted by Gasteiger charge is 2.16. The zero-order chi connectivity index (χ0) is 16.5. The van der Waals surface area contributed by atoms with Crippen molar-refractivity contribution in [1.82, 2.24) is 5.43 Å². The van der Waals surface area contributed by atoms with Crippen LogP contribution in [-0.2, 0) is 4.79 Å². The molecule has 0 radical (unpaired) electrons. The maximum atomic E-state index is 11.9. The number of ether oxygens (including phenoxy) is 2. The Morgan fingerprint density at radius 2 is 2.09 bits per heavy atom. The van der Waals surface area contributed by atoms with Gasteiger partial charge in [-0.15, -0.1) is 0 Å². The first-order valence-corrected chi connectivity index (χ1v) is 8.35. The number of nitrogens with one attached hydrogen (secondary N) is 1. The van der Waals surface area contributed by atoms with Gasteiger partial charge in [0.05, 0.1) is 19.9 Å². The number of rotatable bonds is 7. The Bertz CT molecular complexity index is 537. The number of nitrogens with zero attached hydrogens (tertiary/aromatic N) is 1. The van der Waals surface area contributed by atoms with Gasteiger partial charge in [-0.3, -0.25) is 4.79 Å². The van der Waals surface area contributed by atoms with E-state index in [0.717, 1.165) is 18.4 Å². The molecule has 1 aromatic carbocycles. The van der Waals surface area contributed by atoms with Crippen LogP contribution in [-0.4, -0.2) is 25.8 Å². The second-order valence-corrected chi connectivity index (χ2v) is 5.84. The number of benzene rings is 1. The molecule has 0 spiro atoms. The zero-order valence-corrected chi connectivity index (χ0v) is 14.0. The molecule has 1 amide bonds. The topological polar surface area (TPSA) is 59.9 Å². The van der Waals surface area contributed by atoms with Crippen molar-refractivity contribution in [3.05, 3.63) is 23.8 Å². The molecule has 5 nitrogen and oxygen atoms in total. The molecular formula is C18H26N2O3. The van der Waals surface area contributed by atoms with Gasteiger partial charge in [0.15, 0.2) is 11.5 Å². The van der Waals surface area contributed by atoms with E-state index in [0.29, 0.717) is 30.4 Å². The van der Waals surface area contributed by atoms with Gasteiger partial charge in [0.1, 0.15) is 0 Å². The average Bonchev–Trinajstić information content (AvgIpc) is 2.57. The Labute approximate surface area is 138 Å². The van der Waals surface area contributed by atoms with Gasteiger partial charge in [-0.25, -0.2) is 5.43 Å². The molecule has 1 fully saturated rings. The Morgan fingerprint density at radius 1 is 1.30 bits per heavy atom. The van der Waals surface area contributed by atoms with Gasteiger partial charge < -0.3 is 9.47 Å². The quantitative estimate of drug-likeness (QED) is 0.618. The molecule has 1 N–H and O–H groups in total. The van der Waals surface area contributed by atoms with E-state index in [9.17, 15) is 4.79 Å². The summed E-state index contributed by atoms with van der Waals surface area (Å²) in [6.07, 6.45) is 8.30. The molecule has 1 aliphatic carbocycles. The van der Waals surface area contributed by atoms with Crippen molar-refractivity contribution in [3.63, 3.8) is 0 Å². The summed E-state index contributed by atoms with van der Waals surface area (Å²) in [7, 11) is 1.60. The number of hydrogen-bond acceptors (Lipinski definition) is 4. The van der Waals surface area contributed by atoms with Crippen LogP contribution in [0.4, 0.5) is 0 Å². The van der Waals surface area contributed by atoms with E-state index in [-0.39, 0.29) is 5.91 Å². The van der Waals surface area contributed by atoms with E-state index < -0.39 is 0 Å². The molecule has 126 valence electrons. The number of carbonyl (C=O) groups is 1. The van der Waals surface area contributed by atoms with Crippen molar-refractivity contribution < 1.29 is 14.3 Å². The van der Waals surface area contributed by atoms with Gasteiger partial charge in [-0.05, 0) is 49.4 Å². The fourth-order valence-electron chi connectivity index (χ4n) is 2.92. The van der Waals surface area contributed by atoms with Crippen LogP contribution in [0.3, 0.4) is 0 Å². The van der Waals surface area contributed by atoms with Gasteiger partial charge in [-0.2, -0.15) is 5.10 Å². The van der Waals surface area contributed by atoms with Crippen LogP contribution in [0.25, 0.3) is 0 Å². The second kappa shape index (κ2) is 9.18. The Hall–Kier alpha value is -2.04. The summed E-state index contributed by atoms with van der Waals surface area (Å²) < 4.78 is 10.8. The standard InChI is InChI=1S/C18H26N2O3/c1-3-23-16-10-9-15(11-17(16)22-2)13-19-20-18(21)12-14-7-5-4-6-8-14/h9-11,13-14H,3-8,12H2,1-2H3,(H,20,21)/b19-13-. The molecule has 0 aliphatic heterocycles. The van der Waals surface area contributed by atoms with E-state index in [1.54, 1.807) is 13.3 Å². The maximum Gasteiger partial charge on any atom is 0.240 e. The van der Waals surface area contributed by atoms with Crippen molar-refractivity contribution in [3.8, 4) is 11.5 Å². The van der Waals surface area contributed by atoms with Gasteiger partial charge >= 0.3 is 0 Å². The number of amides is 1. The van der Waals surface area contributed by atoms with Crippen LogP contribution in [0.5, 0.6) is 11.5 Å². The summed E-state index contributed by atoms with van der Waals surface area (Å²) in [5, 5.41) is 4.04. The fraction of sp³-hybridized carbons (Fsp3) is 0.556. The van der Waals surface area contributed by atoms with E-state index in [1.165, 1.54) is 19.3 Å². The molecule has 0 unspecified atom stereocenters. The van der Waals surface area contributed by atoms with Crippen molar-refractivity contribution in [2.45, 2.75) is 45.4 Å².